The lowest BCUT2D eigenvalue weighted by atomic mass is 10.2. The van der Waals surface area contributed by atoms with Gasteiger partial charge in [-0.05, 0) is 57.2 Å². The van der Waals surface area contributed by atoms with E-state index < -0.39 is 6.04 Å². The van der Waals surface area contributed by atoms with Crippen molar-refractivity contribution >= 4 is 22.4 Å². The Bertz CT molecular complexity index is 1300. The first-order valence-electron chi connectivity index (χ1n) is 10.0. The first-order valence-corrected chi connectivity index (χ1v) is 10.0. The van der Waals surface area contributed by atoms with Gasteiger partial charge in [-0.25, -0.2) is 0 Å². The van der Waals surface area contributed by atoms with E-state index >= 15 is 0 Å². The average molecular weight is 416 g/mol. The molecular weight excluding hydrogens is 392 g/mol. The molecule has 31 heavy (non-hydrogen) atoms. The molecule has 0 radical (unpaired) electrons. The van der Waals surface area contributed by atoms with Crippen LogP contribution in [0.1, 0.15) is 24.4 Å². The largest absolute Gasteiger partial charge is 0.497 e. The van der Waals surface area contributed by atoms with Gasteiger partial charge in [0.25, 0.3) is 5.56 Å². The summed E-state index contributed by atoms with van der Waals surface area (Å²) in [5.41, 5.74) is 2.74. The van der Waals surface area contributed by atoms with Gasteiger partial charge in [0.05, 0.1) is 24.4 Å². The van der Waals surface area contributed by atoms with Crippen molar-refractivity contribution in [1.29, 1.82) is 0 Å². The number of carbonyl (C=O) groups is 1. The normalized spacial score (nSPS) is 12.0. The molecule has 2 heterocycles. The molecule has 0 fully saturated rings. The van der Waals surface area contributed by atoms with Crippen LogP contribution in [0, 0.1) is 13.8 Å². The van der Waals surface area contributed by atoms with Crippen LogP contribution >= 0.6 is 0 Å². The highest BCUT2D eigenvalue weighted by atomic mass is 16.5. The van der Waals surface area contributed by atoms with Crippen molar-refractivity contribution in [2.75, 3.05) is 12.4 Å². The van der Waals surface area contributed by atoms with Gasteiger partial charge in [-0.15, -0.1) is 0 Å². The molecule has 0 saturated heterocycles. The number of benzene rings is 2. The fourth-order valence-electron chi connectivity index (χ4n) is 3.95. The Morgan fingerprint density at radius 3 is 2.35 bits per heavy atom. The Labute approximate surface area is 179 Å². The third kappa shape index (κ3) is 3.59. The fraction of sp³-hybridized carbons (Fsp3) is 0.208. The van der Waals surface area contributed by atoms with Crippen molar-refractivity contribution in [1.82, 2.24) is 14.3 Å². The van der Waals surface area contributed by atoms with Crippen molar-refractivity contribution in [2.24, 2.45) is 0 Å². The second-order valence-corrected chi connectivity index (χ2v) is 7.42. The molecule has 0 aliphatic heterocycles. The quantitative estimate of drug-likeness (QED) is 0.533. The molecule has 0 spiro atoms. The number of fused-ring (bicyclic) bond motifs is 1. The van der Waals surface area contributed by atoms with Gasteiger partial charge in [0, 0.05) is 22.5 Å². The van der Waals surface area contributed by atoms with E-state index in [9.17, 15) is 9.59 Å². The third-order valence-electron chi connectivity index (χ3n) is 5.58. The molecule has 0 unspecified atom stereocenters. The second-order valence-electron chi connectivity index (χ2n) is 7.42. The number of para-hydroxylation sites is 1. The minimum absolute atomic E-state index is 0.173. The molecule has 0 aliphatic carbocycles. The summed E-state index contributed by atoms with van der Waals surface area (Å²) >= 11 is 0. The number of rotatable bonds is 5. The molecular formula is C24H24N4O3. The SMILES string of the molecule is COc1ccc(NC(=O)[C@@H](C)n2c(C)c3cnn(-c4ccccc4)c(=O)c3c2C)cc1. The van der Waals surface area contributed by atoms with Gasteiger partial charge >= 0.3 is 0 Å². The Balaban J connectivity index is 1.72. The molecule has 7 nitrogen and oxygen atoms in total. The number of aryl methyl sites for hydroxylation is 2. The summed E-state index contributed by atoms with van der Waals surface area (Å²) in [6, 6.07) is 15.9. The van der Waals surface area contributed by atoms with Gasteiger partial charge in [-0.3, -0.25) is 9.59 Å². The Kier molecular flexibility index (Phi) is 5.33. The van der Waals surface area contributed by atoms with E-state index in [1.807, 2.05) is 55.7 Å². The van der Waals surface area contributed by atoms with E-state index in [4.69, 9.17) is 4.74 Å². The molecule has 2 aromatic carbocycles. The fourth-order valence-corrected chi connectivity index (χ4v) is 3.95. The minimum Gasteiger partial charge on any atom is -0.497 e. The Hall–Kier alpha value is -3.87. The monoisotopic (exact) mass is 416 g/mol. The smallest absolute Gasteiger partial charge is 0.281 e. The molecule has 4 rings (SSSR count). The summed E-state index contributed by atoms with van der Waals surface area (Å²) in [5.74, 6) is 0.546. The minimum atomic E-state index is -0.515. The van der Waals surface area contributed by atoms with Crippen molar-refractivity contribution in [3.63, 3.8) is 0 Å². The lowest BCUT2D eigenvalue weighted by molar-refractivity contribution is -0.118. The summed E-state index contributed by atoms with van der Waals surface area (Å²) in [6.07, 6.45) is 1.69. The van der Waals surface area contributed by atoms with Gasteiger partial charge < -0.3 is 14.6 Å². The molecule has 1 atom stereocenters. The lowest BCUT2D eigenvalue weighted by Crippen LogP contribution is -2.25. The number of hydrogen-bond donors (Lipinski definition) is 1. The van der Waals surface area contributed by atoms with Crippen molar-refractivity contribution < 1.29 is 9.53 Å². The predicted molar refractivity (Wildman–Crippen MR) is 121 cm³/mol. The number of nitrogens with one attached hydrogen (secondary N) is 1. The van der Waals surface area contributed by atoms with Gasteiger partial charge in [-0.2, -0.15) is 9.78 Å². The highest BCUT2D eigenvalue weighted by molar-refractivity contribution is 5.95. The van der Waals surface area contributed by atoms with Crippen molar-refractivity contribution in [3.8, 4) is 11.4 Å². The maximum atomic E-state index is 13.2. The van der Waals surface area contributed by atoms with Crippen LogP contribution in [0.4, 0.5) is 5.69 Å². The average Bonchev–Trinajstić information content (AvgIpc) is 3.05. The summed E-state index contributed by atoms with van der Waals surface area (Å²) < 4.78 is 8.44. The molecule has 0 saturated carbocycles. The van der Waals surface area contributed by atoms with Crippen LogP contribution in [-0.4, -0.2) is 27.4 Å². The zero-order valence-electron chi connectivity index (χ0n) is 17.9. The van der Waals surface area contributed by atoms with Crippen LogP contribution < -0.4 is 15.6 Å². The maximum absolute atomic E-state index is 13.2. The maximum Gasteiger partial charge on any atom is 0.281 e. The molecule has 158 valence electrons. The van der Waals surface area contributed by atoms with Gasteiger partial charge in [0.15, 0.2) is 0 Å². The van der Waals surface area contributed by atoms with E-state index in [1.165, 1.54) is 4.68 Å². The number of nitrogens with zero attached hydrogens (tertiary/aromatic N) is 3. The molecule has 4 aromatic rings. The first-order chi connectivity index (χ1) is 14.9. The van der Waals surface area contributed by atoms with E-state index in [1.54, 1.807) is 37.6 Å². The standard InChI is InChI=1S/C24H24N4O3/c1-15-21-14-25-28(19-8-6-5-7-9-19)24(30)22(21)16(2)27(15)17(3)23(29)26-18-10-12-20(31-4)13-11-18/h5-14,17H,1-4H3,(H,26,29)/t17-/m1/s1. The summed E-state index contributed by atoms with van der Waals surface area (Å²) in [7, 11) is 1.60. The number of ether oxygens (including phenoxy) is 1. The van der Waals surface area contributed by atoms with Crippen LogP contribution in [-0.2, 0) is 4.79 Å². The van der Waals surface area contributed by atoms with Crippen molar-refractivity contribution in [2.45, 2.75) is 26.8 Å². The van der Waals surface area contributed by atoms with Gasteiger partial charge in [-0.1, -0.05) is 18.2 Å². The third-order valence-corrected chi connectivity index (χ3v) is 5.58. The van der Waals surface area contributed by atoms with Crippen molar-refractivity contribution in [3.05, 3.63) is 82.5 Å². The van der Waals surface area contributed by atoms with E-state index in [-0.39, 0.29) is 11.5 Å². The number of methoxy groups -OCH3 is 1. The number of hydrogen-bond acceptors (Lipinski definition) is 4. The lowest BCUT2D eigenvalue weighted by Gasteiger charge is -2.18. The number of amides is 1. The van der Waals surface area contributed by atoms with E-state index in [0.717, 1.165) is 22.5 Å². The molecule has 2 aromatic heterocycles. The molecule has 1 amide bonds. The summed E-state index contributed by atoms with van der Waals surface area (Å²) in [5, 5.41) is 8.61. The molecule has 0 aliphatic rings. The van der Waals surface area contributed by atoms with E-state index in [2.05, 4.69) is 10.4 Å². The highest BCUT2D eigenvalue weighted by Crippen LogP contribution is 2.27. The van der Waals surface area contributed by atoms with Crippen LogP contribution in [0.2, 0.25) is 0 Å². The van der Waals surface area contributed by atoms with Crippen LogP contribution in [0.15, 0.2) is 65.6 Å². The Morgan fingerprint density at radius 2 is 1.71 bits per heavy atom. The second kappa shape index (κ2) is 8.10. The van der Waals surface area contributed by atoms with Crippen LogP contribution in [0.25, 0.3) is 16.5 Å². The van der Waals surface area contributed by atoms with Gasteiger partial charge in [0.1, 0.15) is 11.8 Å². The van der Waals surface area contributed by atoms with Gasteiger partial charge in [0.2, 0.25) is 5.91 Å². The Morgan fingerprint density at radius 1 is 1.03 bits per heavy atom. The molecule has 7 heteroatoms. The zero-order chi connectivity index (χ0) is 22.1. The number of anilines is 1. The molecule has 0 bridgehead atoms. The summed E-state index contributed by atoms with van der Waals surface area (Å²) in [6.45, 7) is 5.59. The summed E-state index contributed by atoms with van der Waals surface area (Å²) in [4.78, 5) is 26.2. The highest BCUT2D eigenvalue weighted by Gasteiger charge is 2.23. The molecule has 1 N–H and O–H groups in total. The van der Waals surface area contributed by atoms with Crippen LogP contribution in [0.5, 0.6) is 5.75 Å². The first kappa shape index (κ1) is 20.4. The number of carbonyl (C=O) groups excluding carboxylic acids is 1. The predicted octanol–water partition coefficient (Wildman–Crippen LogP) is 4.01. The zero-order valence-corrected chi connectivity index (χ0v) is 17.9. The van der Waals surface area contributed by atoms with Crippen LogP contribution in [0.3, 0.4) is 0 Å². The number of aromatic nitrogens is 3. The van der Waals surface area contributed by atoms with E-state index in [0.29, 0.717) is 16.8 Å². The topological polar surface area (TPSA) is 78.2 Å².